The molecule has 1 saturated carbocycles. The number of anilines is 1. The highest BCUT2D eigenvalue weighted by molar-refractivity contribution is 7.93. The fraction of sp³-hybridized carbons (Fsp3) is 0.417. The number of hydrogen-bond donors (Lipinski definition) is 2. The third-order valence-electron chi connectivity index (χ3n) is 3.11. The van der Waals surface area contributed by atoms with Gasteiger partial charge in [-0.05, 0) is 25.8 Å². The van der Waals surface area contributed by atoms with E-state index in [1.165, 1.54) is 28.7 Å². The number of nitrogens with one attached hydrogen (secondary N) is 1. The van der Waals surface area contributed by atoms with Gasteiger partial charge in [0.1, 0.15) is 4.90 Å². The maximum atomic E-state index is 12.3. The molecule has 108 valence electrons. The highest BCUT2D eigenvalue weighted by Crippen LogP contribution is 2.41. The predicted molar refractivity (Wildman–Crippen MR) is 79.9 cm³/mol. The summed E-state index contributed by atoms with van der Waals surface area (Å²) in [6.07, 6.45) is 2.28. The molecule has 0 aliphatic heterocycles. The predicted octanol–water partition coefficient (Wildman–Crippen LogP) is 2.68. The number of rotatable bonds is 5. The molecule has 8 heteroatoms. The first-order valence-electron chi connectivity index (χ1n) is 6.18. The van der Waals surface area contributed by atoms with E-state index in [1.807, 2.05) is 5.38 Å². The molecule has 0 unspecified atom stereocenters. The summed E-state index contributed by atoms with van der Waals surface area (Å²) in [7, 11) is -3.63. The average molecular weight is 330 g/mol. The van der Waals surface area contributed by atoms with Crippen LogP contribution in [0.25, 0.3) is 0 Å². The highest BCUT2D eigenvalue weighted by atomic mass is 32.2. The van der Waals surface area contributed by atoms with E-state index < -0.39 is 10.0 Å². The maximum absolute atomic E-state index is 12.3. The number of aromatic nitrogens is 1. The second kappa shape index (κ2) is 5.10. The number of hydrogen-bond acceptors (Lipinski definition) is 6. The summed E-state index contributed by atoms with van der Waals surface area (Å²) < 4.78 is 27.2. The lowest BCUT2D eigenvalue weighted by Crippen LogP contribution is -2.13. The fourth-order valence-corrected chi connectivity index (χ4v) is 5.48. The van der Waals surface area contributed by atoms with Crippen molar-refractivity contribution in [3.05, 3.63) is 26.9 Å². The molecule has 1 fully saturated rings. The Morgan fingerprint density at radius 3 is 2.85 bits per heavy atom. The van der Waals surface area contributed by atoms with Gasteiger partial charge in [-0.25, -0.2) is 13.4 Å². The second-order valence-electron chi connectivity index (χ2n) is 4.75. The first-order chi connectivity index (χ1) is 9.49. The zero-order chi connectivity index (χ0) is 14.3. The zero-order valence-corrected chi connectivity index (χ0v) is 13.2. The Morgan fingerprint density at radius 2 is 2.25 bits per heavy atom. The number of nitrogens with zero attached hydrogens (tertiary/aromatic N) is 1. The van der Waals surface area contributed by atoms with Crippen molar-refractivity contribution in [1.29, 1.82) is 0 Å². The molecule has 5 nitrogen and oxygen atoms in total. The average Bonchev–Trinajstić information content (AvgIpc) is 3.02. The van der Waals surface area contributed by atoms with Crippen molar-refractivity contribution < 1.29 is 13.5 Å². The quantitative estimate of drug-likeness (QED) is 0.883. The smallest absolute Gasteiger partial charge is 0.264 e. The molecule has 2 aromatic heterocycles. The normalized spacial score (nSPS) is 15.5. The SMILES string of the molecule is Cc1sc(CO)cc1S(=O)(=O)Nc1nc(C2CC2)cs1. The molecular formula is C12H14N2O3S3. The van der Waals surface area contributed by atoms with Crippen LogP contribution in [-0.4, -0.2) is 18.5 Å². The second-order valence-corrected chi connectivity index (χ2v) is 8.60. The Kier molecular flexibility index (Phi) is 3.57. The largest absolute Gasteiger partial charge is 0.391 e. The Morgan fingerprint density at radius 1 is 1.50 bits per heavy atom. The van der Waals surface area contributed by atoms with Gasteiger partial charge in [0.05, 0.1) is 12.3 Å². The van der Waals surface area contributed by atoms with E-state index in [0.29, 0.717) is 20.8 Å². The maximum Gasteiger partial charge on any atom is 0.264 e. The fourth-order valence-electron chi connectivity index (χ4n) is 1.94. The minimum absolute atomic E-state index is 0.149. The topological polar surface area (TPSA) is 79.3 Å². The van der Waals surface area contributed by atoms with Crippen molar-refractivity contribution in [2.24, 2.45) is 0 Å². The van der Waals surface area contributed by atoms with E-state index in [9.17, 15) is 8.42 Å². The lowest BCUT2D eigenvalue weighted by molar-refractivity contribution is 0.285. The molecule has 0 atom stereocenters. The molecule has 0 radical (unpaired) electrons. The van der Waals surface area contributed by atoms with Crippen LogP contribution in [0.3, 0.4) is 0 Å². The van der Waals surface area contributed by atoms with Gasteiger partial charge in [0.2, 0.25) is 0 Å². The van der Waals surface area contributed by atoms with Crippen molar-refractivity contribution in [3.63, 3.8) is 0 Å². The molecule has 2 aromatic rings. The monoisotopic (exact) mass is 330 g/mol. The first-order valence-corrected chi connectivity index (χ1v) is 9.36. The minimum Gasteiger partial charge on any atom is -0.391 e. The van der Waals surface area contributed by atoms with Gasteiger partial charge < -0.3 is 5.11 Å². The van der Waals surface area contributed by atoms with Crippen LogP contribution in [0.2, 0.25) is 0 Å². The van der Waals surface area contributed by atoms with Gasteiger partial charge in [0.15, 0.2) is 5.13 Å². The molecule has 20 heavy (non-hydrogen) atoms. The third-order valence-corrected chi connectivity index (χ3v) is 6.64. The van der Waals surface area contributed by atoms with Crippen LogP contribution in [0.5, 0.6) is 0 Å². The first kappa shape index (κ1) is 14.0. The van der Waals surface area contributed by atoms with Gasteiger partial charge in [0, 0.05) is 21.1 Å². The summed E-state index contributed by atoms with van der Waals surface area (Å²) in [4.78, 5) is 5.85. The molecule has 3 rings (SSSR count). The van der Waals surface area contributed by atoms with Gasteiger partial charge >= 0.3 is 0 Å². The van der Waals surface area contributed by atoms with Gasteiger partial charge in [-0.3, -0.25) is 4.72 Å². The number of aryl methyl sites for hydroxylation is 1. The number of sulfonamides is 1. The number of thiazole rings is 1. The van der Waals surface area contributed by atoms with Crippen molar-refractivity contribution in [1.82, 2.24) is 4.98 Å². The summed E-state index contributed by atoms with van der Waals surface area (Å²) in [5, 5.41) is 11.4. The van der Waals surface area contributed by atoms with Gasteiger partial charge in [-0.2, -0.15) is 0 Å². The van der Waals surface area contributed by atoms with Crippen LogP contribution in [0, 0.1) is 6.92 Å². The molecule has 0 bridgehead atoms. The van der Waals surface area contributed by atoms with Crippen LogP contribution >= 0.6 is 22.7 Å². The summed E-state index contributed by atoms with van der Waals surface area (Å²) in [6, 6.07) is 1.51. The molecule has 2 N–H and O–H groups in total. The van der Waals surface area contributed by atoms with Gasteiger partial charge in [-0.1, -0.05) is 0 Å². The van der Waals surface area contributed by atoms with Crippen LogP contribution < -0.4 is 4.72 Å². The van der Waals surface area contributed by atoms with Crippen LogP contribution in [0.4, 0.5) is 5.13 Å². The van der Waals surface area contributed by atoms with Gasteiger partial charge in [-0.15, -0.1) is 22.7 Å². The van der Waals surface area contributed by atoms with E-state index in [4.69, 9.17) is 5.11 Å². The summed E-state index contributed by atoms with van der Waals surface area (Å²) in [5.41, 5.74) is 0.978. The Bertz CT molecular complexity index is 729. The van der Waals surface area contributed by atoms with Crippen LogP contribution in [0.1, 0.15) is 34.2 Å². The third kappa shape index (κ3) is 2.73. The lowest BCUT2D eigenvalue weighted by Gasteiger charge is -2.03. The Balaban J connectivity index is 1.84. The van der Waals surface area contributed by atoms with E-state index in [-0.39, 0.29) is 11.5 Å². The zero-order valence-electron chi connectivity index (χ0n) is 10.8. The molecule has 1 aliphatic rings. The number of aliphatic hydroxyl groups is 1. The molecule has 0 spiro atoms. The lowest BCUT2D eigenvalue weighted by atomic mass is 10.3. The van der Waals surface area contributed by atoms with Crippen molar-refractivity contribution in [2.45, 2.75) is 37.2 Å². The minimum atomic E-state index is -3.63. The molecule has 0 aromatic carbocycles. The van der Waals surface area contributed by atoms with Crippen molar-refractivity contribution in [3.8, 4) is 0 Å². The molecule has 0 saturated heterocycles. The van der Waals surface area contributed by atoms with Gasteiger partial charge in [0.25, 0.3) is 10.0 Å². The van der Waals surface area contributed by atoms with E-state index >= 15 is 0 Å². The van der Waals surface area contributed by atoms with E-state index in [2.05, 4.69) is 9.71 Å². The Labute approximate surface area is 125 Å². The van der Waals surface area contributed by atoms with E-state index in [0.717, 1.165) is 18.5 Å². The molecular weight excluding hydrogens is 316 g/mol. The number of thiophene rings is 1. The summed E-state index contributed by atoms with van der Waals surface area (Å²) >= 11 is 2.60. The summed E-state index contributed by atoms with van der Waals surface area (Å²) in [6.45, 7) is 1.58. The Hall–Kier alpha value is -0.960. The van der Waals surface area contributed by atoms with E-state index in [1.54, 1.807) is 6.92 Å². The molecule has 0 amide bonds. The summed E-state index contributed by atoms with van der Waals surface area (Å²) in [5.74, 6) is 0.508. The van der Waals surface area contributed by atoms with Crippen molar-refractivity contribution in [2.75, 3.05) is 4.72 Å². The highest BCUT2D eigenvalue weighted by Gasteiger charge is 2.27. The van der Waals surface area contributed by atoms with Crippen LogP contribution in [0.15, 0.2) is 16.3 Å². The molecule has 1 aliphatic carbocycles. The molecule has 2 heterocycles. The van der Waals surface area contributed by atoms with Crippen molar-refractivity contribution >= 4 is 37.8 Å². The van der Waals surface area contributed by atoms with Crippen LogP contribution in [-0.2, 0) is 16.6 Å². The number of aliphatic hydroxyl groups excluding tert-OH is 1. The standard InChI is InChI=1S/C12H14N2O3S3/c1-7-11(4-9(5-15)19-7)20(16,17)14-12-13-10(6-18-12)8-2-3-8/h4,6,8,15H,2-3,5H2,1H3,(H,13,14).